The van der Waals surface area contributed by atoms with Crippen molar-refractivity contribution < 1.29 is 9.53 Å². The summed E-state index contributed by atoms with van der Waals surface area (Å²) in [5, 5.41) is 0. The fraction of sp³-hybridized carbons (Fsp3) is 0.500. The van der Waals surface area contributed by atoms with Crippen LogP contribution in [0.4, 0.5) is 0 Å². The SMILES string of the molecule is CC/C(=C/I)OC(C)=O. The quantitative estimate of drug-likeness (QED) is 0.420. The fourth-order valence-corrected chi connectivity index (χ4v) is 0.924. The number of rotatable bonds is 2. The molecule has 0 spiro atoms. The van der Waals surface area contributed by atoms with Gasteiger partial charge in [-0.2, -0.15) is 0 Å². The van der Waals surface area contributed by atoms with Crippen molar-refractivity contribution in [2.45, 2.75) is 20.3 Å². The lowest BCUT2D eigenvalue weighted by molar-refractivity contribution is -0.137. The van der Waals surface area contributed by atoms with Crippen molar-refractivity contribution in [1.82, 2.24) is 0 Å². The van der Waals surface area contributed by atoms with Gasteiger partial charge in [0.05, 0.1) is 0 Å². The summed E-state index contributed by atoms with van der Waals surface area (Å²) in [6.07, 6.45) is 0.766. The summed E-state index contributed by atoms with van der Waals surface area (Å²) in [6, 6.07) is 0. The third-order valence-corrected chi connectivity index (χ3v) is 1.44. The Kier molecular flexibility index (Phi) is 4.75. The van der Waals surface area contributed by atoms with Crippen LogP contribution in [0.1, 0.15) is 20.3 Å². The minimum absolute atomic E-state index is 0.250. The van der Waals surface area contributed by atoms with Gasteiger partial charge in [-0.05, 0) is 22.6 Å². The molecule has 0 N–H and O–H groups in total. The second-order valence-electron chi connectivity index (χ2n) is 1.52. The molecule has 52 valence electrons. The molecule has 0 saturated carbocycles. The first kappa shape index (κ1) is 8.94. The molecule has 0 heterocycles. The standard InChI is InChI=1S/C6H9IO2/c1-3-6(4-7)9-5(2)8/h4H,3H2,1-2H3/b6-4-. The zero-order valence-corrected chi connectivity index (χ0v) is 7.64. The summed E-state index contributed by atoms with van der Waals surface area (Å²) < 4.78 is 6.53. The highest BCUT2D eigenvalue weighted by Crippen LogP contribution is 2.05. The predicted molar refractivity (Wildman–Crippen MR) is 44.2 cm³/mol. The molecule has 0 fully saturated rings. The maximum Gasteiger partial charge on any atom is 0.307 e. The smallest absolute Gasteiger partial charge is 0.307 e. The van der Waals surface area contributed by atoms with Crippen LogP contribution in [0.15, 0.2) is 9.84 Å². The van der Waals surface area contributed by atoms with Gasteiger partial charge in [0.1, 0.15) is 5.76 Å². The number of carbonyl (C=O) groups is 1. The highest BCUT2D eigenvalue weighted by molar-refractivity contribution is 14.1. The number of hydrogen-bond donors (Lipinski definition) is 0. The Bertz CT molecular complexity index is 129. The Morgan fingerprint density at radius 2 is 2.33 bits per heavy atom. The van der Waals surface area contributed by atoms with Gasteiger partial charge in [0.15, 0.2) is 0 Å². The Morgan fingerprint density at radius 3 is 2.44 bits per heavy atom. The average molecular weight is 240 g/mol. The molecule has 0 aliphatic carbocycles. The number of halogens is 1. The van der Waals surface area contributed by atoms with Gasteiger partial charge in [-0.25, -0.2) is 0 Å². The van der Waals surface area contributed by atoms with Gasteiger partial charge in [0.25, 0.3) is 0 Å². The van der Waals surface area contributed by atoms with Crippen LogP contribution in [0.3, 0.4) is 0 Å². The van der Waals surface area contributed by atoms with E-state index in [4.69, 9.17) is 4.74 Å². The maximum absolute atomic E-state index is 10.3. The largest absolute Gasteiger partial charge is 0.431 e. The molecule has 0 saturated heterocycles. The third-order valence-electron chi connectivity index (χ3n) is 0.745. The van der Waals surface area contributed by atoms with E-state index in [1.54, 1.807) is 4.08 Å². The highest BCUT2D eigenvalue weighted by Gasteiger charge is 1.95. The first-order chi connectivity index (χ1) is 4.20. The second-order valence-corrected chi connectivity index (χ2v) is 2.15. The molecule has 0 bridgehead atoms. The van der Waals surface area contributed by atoms with Crippen LogP contribution in [-0.2, 0) is 9.53 Å². The van der Waals surface area contributed by atoms with Crippen molar-refractivity contribution in [2.75, 3.05) is 0 Å². The molecule has 0 unspecified atom stereocenters. The fourth-order valence-electron chi connectivity index (χ4n) is 0.356. The van der Waals surface area contributed by atoms with Crippen LogP contribution in [0.5, 0.6) is 0 Å². The predicted octanol–water partition coefficient (Wildman–Crippen LogP) is 2.24. The minimum atomic E-state index is -0.250. The van der Waals surface area contributed by atoms with E-state index in [1.807, 2.05) is 29.5 Å². The lowest BCUT2D eigenvalue weighted by Crippen LogP contribution is -1.96. The van der Waals surface area contributed by atoms with Crippen LogP contribution < -0.4 is 0 Å². The molecule has 9 heavy (non-hydrogen) atoms. The van der Waals surface area contributed by atoms with Gasteiger partial charge in [0, 0.05) is 17.4 Å². The zero-order chi connectivity index (χ0) is 7.28. The van der Waals surface area contributed by atoms with Gasteiger partial charge in [-0.1, -0.05) is 6.92 Å². The van der Waals surface area contributed by atoms with Crippen molar-refractivity contribution in [3.05, 3.63) is 9.84 Å². The molecule has 0 aromatic carbocycles. The number of allylic oxidation sites excluding steroid dienone is 1. The normalized spacial score (nSPS) is 11.2. The molecule has 0 aliphatic rings. The van der Waals surface area contributed by atoms with Gasteiger partial charge >= 0.3 is 5.97 Å². The molecular weight excluding hydrogens is 231 g/mol. The molecule has 0 aromatic rings. The lowest BCUT2D eigenvalue weighted by Gasteiger charge is -1.99. The number of ether oxygens (including phenoxy) is 1. The number of carbonyl (C=O) groups excluding carboxylic acids is 1. The van der Waals surface area contributed by atoms with E-state index in [1.165, 1.54) is 6.92 Å². The van der Waals surface area contributed by atoms with Gasteiger partial charge in [0.2, 0.25) is 0 Å². The van der Waals surface area contributed by atoms with E-state index in [2.05, 4.69) is 0 Å². The van der Waals surface area contributed by atoms with Crippen molar-refractivity contribution >= 4 is 28.6 Å². The van der Waals surface area contributed by atoms with Crippen LogP contribution in [-0.4, -0.2) is 5.97 Å². The Balaban J connectivity index is 3.71. The molecule has 0 radical (unpaired) electrons. The molecular formula is C6H9IO2. The molecule has 0 atom stereocenters. The zero-order valence-electron chi connectivity index (χ0n) is 5.48. The average Bonchev–Trinajstić information content (AvgIpc) is 1.82. The second kappa shape index (κ2) is 4.78. The van der Waals surface area contributed by atoms with E-state index in [-0.39, 0.29) is 5.97 Å². The summed E-state index contributed by atoms with van der Waals surface area (Å²) in [7, 11) is 0. The maximum atomic E-state index is 10.3. The number of hydrogen-bond acceptors (Lipinski definition) is 2. The molecule has 3 heteroatoms. The van der Waals surface area contributed by atoms with Crippen LogP contribution in [0.25, 0.3) is 0 Å². The monoisotopic (exact) mass is 240 g/mol. The summed E-state index contributed by atoms with van der Waals surface area (Å²) in [5.74, 6) is 0.475. The van der Waals surface area contributed by atoms with Crippen LogP contribution in [0.2, 0.25) is 0 Å². The number of esters is 1. The van der Waals surface area contributed by atoms with E-state index in [0.29, 0.717) is 0 Å². The van der Waals surface area contributed by atoms with Crippen LogP contribution in [0, 0.1) is 0 Å². The summed E-state index contributed by atoms with van der Waals surface area (Å²) >= 11 is 2.04. The Labute approximate surface area is 68.4 Å². The summed E-state index contributed by atoms with van der Waals surface area (Å²) in [4.78, 5) is 10.3. The lowest BCUT2D eigenvalue weighted by atomic mass is 10.4. The highest BCUT2D eigenvalue weighted by atomic mass is 127. The minimum Gasteiger partial charge on any atom is -0.431 e. The van der Waals surface area contributed by atoms with Crippen LogP contribution >= 0.6 is 22.6 Å². The van der Waals surface area contributed by atoms with E-state index < -0.39 is 0 Å². The molecule has 0 aliphatic heterocycles. The first-order valence-corrected chi connectivity index (χ1v) is 3.93. The topological polar surface area (TPSA) is 26.3 Å². The van der Waals surface area contributed by atoms with E-state index >= 15 is 0 Å². The van der Waals surface area contributed by atoms with E-state index in [9.17, 15) is 4.79 Å². The van der Waals surface area contributed by atoms with E-state index in [0.717, 1.165) is 12.2 Å². The third kappa shape index (κ3) is 4.44. The first-order valence-electron chi connectivity index (χ1n) is 2.68. The van der Waals surface area contributed by atoms with Gasteiger partial charge in [-0.3, -0.25) is 4.79 Å². The van der Waals surface area contributed by atoms with Crippen molar-refractivity contribution in [2.24, 2.45) is 0 Å². The Morgan fingerprint density at radius 1 is 1.78 bits per heavy atom. The van der Waals surface area contributed by atoms with Gasteiger partial charge in [-0.15, -0.1) is 0 Å². The summed E-state index contributed by atoms with van der Waals surface area (Å²) in [5.41, 5.74) is 0. The van der Waals surface area contributed by atoms with Crippen molar-refractivity contribution in [3.63, 3.8) is 0 Å². The van der Waals surface area contributed by atoms with Gasteiger partial charge < -0.3 is 4.74 Å². The Hall–Kier alpha value is -0.0600. The molecule has 2 nitrogen and oxygen atoms in total. The van der Waals surface area contributed by atoms with Crippen molar-refractivity contribution in [1.29, 1.82) is 0 Å². The molecule has 0 amide bonds. The van der Waals surface area contributed by atoms with Crippen molar-refractivity contribution in [3.8, 4) is 0 Å². The molecule has 0 rings (SSSR count). The summed E-state index contributed by atoms with van der Waals surface area (Å²) in [6.45, 7) is 3.34. The molecule has 0 aromatic heterocycles.